The molecule has 0 saturated carbocycles. The van der Waals surface area contributed by atoms with Gasteiger partial charge in [0.05, 0.1) is 24.0 Å². The summed E-state index contributed by atoms with van der Waals surface area (Å²) in [6, 6.07) is 14.4. The molecule has 1 aromatic heterocycles. The fourth-order valence-corrected chi connectivity index (χ4v) is 2.75. The SMILES string of the molecule is COc1ccc2nc(CCl)n(Cc3cccc(C)c3)c2c1. The lowest BCUT2D eigenvalue weighted by molar-refractivity contribution is 0.415. The van der Waals surface area contributed by atoms with E-state index in [1.54, 1.807) is 7.11 Å². The Balaban J connectivity index is 2.10. The van der Waals surface area contributed by atoms with Crippen LogP contribution in [0.3, 0.4) is 0 Å². The molecule has 3 aromatic rings. The number of benzene rings is 2. The van der Waals surface area contributed by atoms with Gasteiger partial charge in [-0.05, 0) is 24.6 Å². The van der Waals surface area contributed by atoms with Gasteiger partial charge in [-0.3, -0.25) is 0 Å². The van der Waals surface area contributed by atoms with Gasteiger partial charge >= 0.3 is 0 Å². The van der Waals surface area contributed by atoms with Gasteiger partial charge in [-0.1, -0.05) is 29.8 Å². The van der Waals surface area contributed by atoms with Gasteiger partial charge in [0.25, 0.3) is 0 Å². The molecule has 1 heterocycles. The number of hydrogen-bond acceptors (Lipinski definition) is 2. The van der Waals surface area contributed by atoms with Crippen molar-refractivity contribution in [1.29, 1.82) is 0 Å². The van der Waals surface area contributed by atoms with Crippen LogP contribution in [-0.2, 0) is 12.4 Å². The van der Waals surface area contributed by atoms with Gasteiger partial charge in [0.2, 0.25) is 0 Å². The molecule has 108 valence electrons. The Hall–Kier alpha value is -2.00. The van der Waals surface area contributed by atoms with Crippen molar-refractivity contribution in [2.24, 2.45) is 0 Å². The second-order valence-corrected chi connectivity index (χ2v) is 5.36. The molecule has 0 radical (unpaired) electrons. The molecule has 0 amide bonds. The van der Waals surface area contributed by atoms with Crippen molar-refractivity contribution in [2.75, 3.05) is 7.11 Å². The quantitative estimate of drug-likeness (QED) is 0.677. The van der Waals surface area contributed by atoms with Crippen molar-refractivity contribution in [1.82, 2.24) is 9.55 Å². The van der Waals surface area contributed by atoms with E-state index in [1.807, 2.05) is 18.2 Å². The number of halogens is 1. The van der Waals surface area contributed by atoms with E-state index in [1.165, 1.54) is 11.1 Å². The van der Waals surface area contributed by atoms with Crippen LogP contribution in [0.25, 0.3) is 11.0 Å². The minimum Gasteiger partial charge on any atom is -0.497 e. The van der Waals surface area contributed by atoms with Crippen LogP contribution in [0, 0.1) is 6.92 Å². The van der Waals surface area contributed by atoms with Crippen molar-refractivity contribution in [2.45, 2.75) is 19.3 Å². The first-order chi connectivity index (χ1) is 10.2. The number of aromatic nitrogens is 2. The van der Waals surface area contributed by atoms with Crippen molar-refractivity contribution in [3.05, 3.63) is 59.4 Å². The molecule has 3 nitrogen and oxygen atoms in total. The summed E-state index contributed by atoms with van der Waals surface area (Å²) in [6.45, 7) is 2.86. The predicted octanol–water partition coefficient (Wildman–Crippen LogP) is 4.14. The molecule has 2 aromatic carbocycles. The molecule has 0 N–H and O–H groups in total. The molecule has 0 spiro atoms. The van der Waals surface area contributed by atoms with E-state index < -0.39 is 0 Å². The summed E-state index contributed by atoms with van der Waals surface area (Å²) in [5.74, 6) is 2.10. The maximum absolute atomic E-state index is 6.06. The maximum atomic E-state index is 6.06. The van der Waals surface area contributed by atoms with Crippen LogP contribution in [0.4, 0.5) is 0 Å². The summed E-state index contributed by atoms with van der Waals surface area (Å²) in [6.07, 6.45) is 0. The number of methoxy groups -OCH3 is 1. The van der Waals surface area contributed by atoms with Crippen LogP contribution in [-0.4, -0.2) is 16.7 Å². The number of ether oxygens (including phenoxy) is 1. The van der Waals surface area contributed by atoms with Gasteiger partial charge in [0.15, 0.2) is 0 Å². The number of fused-ring (bicyclic) bond motifs is 1. The van der Waals surface area contributed by atoms with Crippen LogP contribution in [0.5, 0.6) is 5.75 Å². The lowest BCUT2D eigenvalue weighted by Gasteiger charge is -2.09. The lowest BCUT2D eigenvalue weighted by Crippen LogP contribution is -2.04. The van der Waals surface area contributed by atoms with Gasteiger partial charge in [-0.15, -0.1) is 11.6 Å². The fourth-order valence-electron chi connectivity index (χ4n) is 2.55. The zero-order chi connectivity index (χ0) is 14.8. The van der Waals surface area contributed by atoms with Crippen molar-refractivity contribution < 1.29 is 4.74 Å². The second-order valence-electron chi connectivity index (χ2n) is 5.09. The van der Waals surface area contributed by atoms with Crippen molar-refractivity contribution in [3.63, 3.8) is 0 Å². The third-order valence-corrected chi connectivity index (χ3v) is 3.82. The Labute approximate surface area is 129 Å². The molecule has 4 heteroatoms. The summed E-state index contributed by atoms with van der Waals surface area (Å²) in [5, 5.41) is 0. The molecule has 0 unspecified atom stereocenters. The normalized spacial score (nSPS) is 11.0. The molecule has 0 bridgehead atoms. The summed E-state index contributed by atoms with van der Waals surface area (Å²) < 4.78 is 7.47. The van der Waals surface area contributed by atoms with Crippen LogP contribution in [0.1, 0.15) is 17.0 Å². The number of rotatable bonds is 4. The fraction of sp³-hybridized carbons (Fsp3) is 0.235. The highest BCUT2D eigenvalue weighted by Crippen LogP contribution is 2.24. The number of imidazole rings is 1. The Morgan fingerprint density at radius 1 is 1.19 bits per heavy atom. The Kier molecular flexibility index (Phi) is 3.84. The maximum Gasteiger partial charge on any atom is 0.125 e. The molecule has 0 aliphatic carbocycles. The summed E-state index contributed by atoms with van der Waals surface area (Å²) in [5.41, 5.74) is 4.48. The first kappa shape index (κ1) is 14.0. The molecular weight excluding hydrogens is 284 g/mol. The largest absolute Gasteiger partial charge is 0.497 e. The van der Waals surface area contributed by atoms with E-state index in [0.29, 0.717) is 5.88 Å². The Morgan fingerprint density at radius 3 is 2.76 bits per heavy atom. The molecule has 0 saturated heterocycles. The van der Waals surface area contributed by atoms with E-state index in [0.717, 1.165) is 29.2 Å². The third kappa shape index (κ3) is 2.74. The molecule has 21 heavy (non-hydrogen) atoms. The Bertz CT molecular complexity index is 780. The summed E-state index contributed by atoms with van der Waals surface area (Å²) in [7, 11) is 1.67. The van der Waals surface area contributed by atoms with Gasteiger partial charge in [0, 0.05) is 12.6 Å². The van der Waals surface area contributed by atoms with Crippen LogP contribution >= 0.6 is 11.6 Å². The first-order valence-electron chi connectivity index (χ1n) is 6.86. The van der Waals surface area contributed by atoms with Crippen molar-refractivity contribution in [3.8, 4) is 5.75 Å². The van der Waals surface area contributed by atoms with E-state index >= 15 is 0 Å². The highest BCUT2D eigenvalue weighted by atomic mass is 35.5. The second kappa shape index (κ2) is 5.78. The number of aryl methyl sites for hydroxylation is 1. The van der Waals surface area contributed by atoms with E-state index in [-0.39, 0.29) is 0 Å². The minimum atomic E-state index is 0.392. The predicted molar refractivity (Wildman–Crippen MR) is 86.1 cm³/mol. The number of alkyl halides is 1. The van der Waals surface area contributed by atoms with Gasteiger partial charge < -0.3 is 9.30 Å². The molecule has 0 aliphatic rings. The lowest BCUT2D eigenvalue weighted by atomic mass is 10.1. The van der Waals surface area contributed by atoms with Gasteiger partial charge in [0.1, 0.15) is 11.6 Å². The topological polar surface area (TPSA) is 27.1 Å². The zero-order valence-electron chi connectivity index (χ0n) is 12.1. The third-order valence-electron chi connectivity index (χ3n) is 3.58. The standard InChI is InChI=1S/C17H17ClN2O/c1-12-4-3-5-13(8-12)11-20-16-9-14(21-2)6-7-15(16)19-17(20)10-18/h3-9H,10-11H2,1-2H3. The molecule has 3 rings (SSSR count). The summed E-state index contributed by atoms with van der Waals surface area (Å²) >= 11 is 6.06. The van der Waals surface area contributed by atoms with Gasteiger partial charge in [-0.25, -0.2) is 4.98 Å². The highest BCUT2D eigenvalue weighted by molar-refractivity contribution is 6.16. The molecular formula is C17H17ClN2O. The minimum absolute atomic E-state index is 0.392. The van der Waals surface area contributed by atoms with Crippen LogP contribution in [0.2, 0.25) is 0 Å². The van der Waals surface area contributed by atoms with E-state index in [4.69, 9.17) is 16.3 Å². The average Bonchev–Trinajstić information content (AvgIpc) is 2.84. The zero-order valence-corrected chi connectivity index (χ0v) is 12.9. The number of hydrogen-bond donors (Lipinski definition) is 0. The molecule has 0 atom stereocenters. The van der Waals surface area contributed by atoms with E-state index in [9.17, 15) is 0 Å². The van der Waals surface area contributed by atoms with Crippen LogP contribution < -0.4 is 4.74 Å². The van der Waals surface area contributed by atoms with E-state index in [2.05, 4.69) is 40.7 Å². The summed E-state index contributed by atoms with van der Waals surface area (Å²) in [4.78, 5) is 4.60. The Morgan fingerprint density at radius 2 is 2.05 bits per heavy atom. The van der Waals surface area contributed by atoms with Gasteiger partial charge in [-0.2, -0.15) is 0 Å². The monoisotopic (exact) mass is 300 g/mol. The molecule has 0 aliphatic heterocycles. The smallest absolute Gasteiger partial charge is 0.125 e. The highest BCUT2D eigenvalue weighted by Gasteiger charge is 2.11. The van der Waals surface area contributed by atoms with Crippen LogP contribution in [0.15, 0.2) is 42.5 Å². The average molecular weight is 301 g/mol. The first-order valence-corrected chi connectivity index (χ1v) is 7.39. The van der Waals surface area contributed by atoms with Crippen molar-refractivity contribution >= 4 is 22.6 Å². The number of nitrogens with zero attached hydrogens (tertiary/aromatic N) is 2. The molecule has 0 fully saturated rings.